The smallest absolute Gasteiger partial charge is 0.149 e. The molecule has 1 aromatic heterocycles. The number of imidazole rings is 1. The van der Waals surface area contributed by atoms with Gasteiger partial charge in [0.05, 0.1) is 16.6 Å². The molecule has 0 aliphatic rings. The first-order valence-electron chi connectivity index (χ1n) is 16.5. The summed E-state index contributed by atoms with van der Waals surface area (Å²) in [5, 5.41) is 16.3. The number of aromatic nitrogens is 2. The number of phenolic OH excluding ortho intramolecular Hbond substituents is 1. The van der Waals surface area contributed by atoms with Crippen molar-refractivity contribution in [2.24, 2.45) is 0 Å². The summed E-state index contributed by atoms with van der Waals surface area (Å²) in [6, 6.07) is 62.4. The second-order valence-corrected chi connectivity index (χ2v) is 12.2. The molecular formula is C45H31N3O. The summed E-state index contributed by atoms with van der Waals surface area (Å²) in [6.07, 6.45) is 0. The van der Waals surface area contributed by atoms with Crippen molar-refractivity contribution in [3.63, 3.8) is 0 Å². The lowest BCUT2D eigenvalue weighted by molar-refractivity contribution is 0.477. The van der Waals surface area contributed by atoms with Gasteiger partial charge < -0.3 is 10.0 Å². The molecule has 9 aromatic rings. The molecule has 0 radical (unpaired) electrons. The summed E-state index contributed by atoms with van der Waals surface area (Å²) in [4.78, 5) is 7.53. The number of hydrogen-bond acceptors (Lipinski definition) is 3. The van der Waals surface area contributed by atoms with Crippen LogP contribution in [0.4, 0.5) is 17.1 Å². The van der Waals surface area contributed by atoms with Crippen LogP contribution in [0.3, 0.4) is 0 Å². The molecule has 9 rings (SSSR count). The molecule has 0 spiro atoms. The molecule has 4 nitrogen and oxygen atoms in total. The van der Waals surface area contributed by atoms with E-state index in [0.29, 0.717) is 11.4 Å². The van der Waals surface area contributed by atoms with Crippen LogP contribution in [-0.4, -0.2) is 14.7 Å². The van der Waals surface area contributed by atoms with Crippen molar-refractivity contribution in [1.29, 1.82) is 0 Å². The third kappa shape index (κ3) is 4.90. The average Bonchev–Trinajstić information content (AvgIpc) is 3.57. The maximum Gasteiger partial charge on any atom is 0.149 e. The van der Waals surface area contributed by atoms with Crippen LogP contribution in [0.2, 0.25) is 0 Å². The minimum absolute atomic E-state index is 0.179. The number of aromatic hydroxyl groups is 1. The van der Waals surface area contributed by atoms with E-state index in [1.54, 1.807) is 0 Å². The van der Waals surface area contributed by atoms with E-state index in [0.717, 1.165) is 61.1 Å². The molecule has 0 aliphatic carbocycles. The number of rotatable bonds is 6. The Kier molecular flexibility index (Phi) is 6.91. The fourth-order valence-corrected chi connectivity index (χ4v) is 7.02. The second-order valence-electron chi connectivity index (χ2n) is 12.2. The van der Waals surface area contributed by atoms with Crippen LogP contribution in [0.1, 0.15) is 0 Å². The van der Waals surface area contributed by atoms with E-state index in [9.17, 15) is 5.11 Å². The summed E-state index contributed by atoms with van der Waals surface area (Å²) < 4.78 is 2.19. The molecule has 0 fully saturated rings. The normalized spacial score (nSPS) is 11.3. The zero-order chi connectivity index (χ0) is 32.7. The zero-order valence-corrected chi connectivity index (χ0v) is 26.6. The van der Waals surface area contributed by atoms with Gasteiger partial charge in [0.25, 0.3) is 0 Å². The van der Waals surface area contributed by atoms with Crippen LogP contribution in [0, 0.1) is 0 Å². The number of anilines is 3. The lowest BCUT2D eigenvalue weighted by atomic mass is 10.00. The number of fused-ring (bicyclic) bond motifs is 6. The highest BCUT2D eigenvalue weighted by molar-refractivity contribution is 6.24. The SMILES string of the molecule is Oc1cc(-c2ccc(N(c3ccccc3)c3ccccc3)cc2)ccc1-c1nc2c3ccccc3c3ccccc3c2n1-c1ccccc1. The first-order valence-corrected chi connectivity index (χ1v) is 16.5. The largest absolute Gasteiger partial charge is 0.507 e. The second kappa shape index (κ2) is 11.9. The third-order valence-corrected chi connectivity index (χ3v) is 9.27. The van der Waals surface area contributed by atoms with Crippen LogP contribution >= 0.6 is 0 Å². The van der Waals surface area contributed by atoms with E-state index in [-0.39, 0.29) is 5.75 Å². The summed E-state index contributed by atoms with van der Waals surface area (Å²) in [6.45, 7) is 0. The van der Waals surface area contributed by atoms with Crippen molar-refractivity contribution in [2.75, 3.05) is 4.90 Å². The minimum atomic E-state index is 0.179. The van der Waals surface area contributed by atoms with Crippen molar-refractivity contribution >= 4 is 49.6 Å². The lowest BCUT2D eigenvalue weighted by Gasteiger charge is -2.25. The summed E-state index contributed by atoms with van der Waals surface area (Å²) in [7, 11) is 0. The van der Waals surface area contributed by atoms with Crippen molar-refractivity contribution in [3.8, 4) is 34.0 Å². The molecule has 1 heterocycles. The first-order chi connectivity index (χ1) is 24.2. The highest BCUT2D eigenvalue weighted by Gasteiger charge is 2.22. The van der Waals surface area contributed by atoms with Crippen molar-refractivity contribution < 1.29 is 5.11 Å². The molecule has 49 heavy (non-hydrogen) atoms. The van der Waals surface area contributed by atoms with Gasteiger partial charge in [-0.3, -0.25) is 4.57 Å². The number of hydrogen-bond donors (Lipinski definition) is 1. The highest BCUT2D eigenvalue weighted by Crippen LogP contribution is 2.42. The summed E-state index contributed by atoms with van der Waals surface area (Å²) >= 11 is 0. The Labute approximate surface area is 284 Å². The van der Waals surface area contributed by atoms with Crippen molar-refractivity contribution in [1.82, 2.24) is 9.55 Å². The van der Waals surface area contributed by atoms with Crippen LogP contribution in [-0.2, 0) is 0 Å². The van der Waals surface area contributed by atoms with Gasteiger partial charge in [0, 0.05) is 33.5 Å². The van der Waals surface area contributed by atoms with E-state index >= 15 is 0 Å². The number of phenols is 1. The van der Waals surface area contributed by atoms with Gasteiger partial charge in [0.15, 0.2) is 0 Å². The monoisotopic (exact) mass is 629 g/mol. The number of benzene rings is 8. The minimum Gasteiger partial charge on any atom is -0.507 e. The van der Waals surface area contributed by atoms with E-state index in [4.69, 9.17) is 4.98 Å². The Bertz CT molecular complexity index is 2560. The molecule has 4 heteroatoms. The maximum atomic E-state index is 11.7. The van der Waals surface area contributed by atoms with Gasteiger partial charge in [-0.25, -0.2) is 4.98 Å². The molecule has 0 saturated heterocycles. The molecule has 0 saturated carbocycles. The van der Waals surface area contributed by atoms with Gasteiger partial charge in [-0.05, 0) is 82.6 Å². The maximum absolute atomic E-state index is 11.7. The molecule has 0 aliphatic heterocycles. The van der Waals surface area contributed by atoms with Gasteiger partial charge >= 0.3 is 0 Å². The van der Waals surface area contributed by atoms with E-state index in [2.05, 4.69) is 149 Å². The fourth-order valence-electron chi connectivity index (χ4n) is 7.02. The third-order valence-electron chi connectivity index (χ3n) is 9.27. The van der Waals surface area contributed by atoms with E-state index in [1.807, 2.05) is 42.5 Å². The molecular weight excluding hydrogens is 599 g/mol. The first kappa shape index (κ1) is 28.6. The Morgan fingerprint density at radius 1 is 0.449 bits per heavy atom. The Balaban J connectivity index is 1.17. The number of para-hydroxylation sites is 3. The van der Waals surface area contributed by atoms with Crippen LogP contribution in [0.25, 0.3) is 60.8 Å². The molecule has 0 amide bonds. The van der Waals surface area contributed by atoms with Crippen LogP contribution < -0.4 is 4.90 Å². The molecule has 8 aromatic carbocycles. The van der Waals surface area contributed by atoms with Gasteiger partial charge in [0.2, 0.25) is 0 Å². The summed E-state index contributed by atoms with van der Waals surface area (Å²) in [5.74, 6) is 0.876. The predicted molar refractivity (Wildman–Crippen MR) is 203 cm³/mol. The fraction of sp³-hybridized carbons (Fsp3) is 0. The number of nitrogens with zero attached hydrogens (tertiary/aromatic N) is 3. The molecule has 232 valence electrons. The zero-order valence-electron chi connectivity index (χ0n) is 26.6. The Morgan fingerprint density at radius 3 is 1.55 bits per heavy atom. The Morgan fingerprint density at radius 2 is 0.939 bits per heavy atom. The molecule has 0 bridgehead atoms. The van der Waals surface area contributed by atoms with Crippen molar-refractivity contribution in [2.45, 2.75) is 0 Å². The Hall–Kier alpha value is -6.65. The predicted octanol–water partition coefficient (Wildman–Crippen LogP) is 11.8. The van der Waals surface area contributed by atoms with Crippen LogP contribution in [0.15, 0.2) is 182 Å². The molecule has 0 atom stereocenters. The average molecular weight is 630 g/mol. The van der Waals surface area contributed by atoms with Crippen molar-refractivity contribution in [3.05, 3.63) is 182 Å². The van der Waals surface area contributed by atoms with E-state index < -0.39 is 0 Å². The lowest BCUT2D eigenvalue weighted by Crippen LogP contribution is -2.09. The standard InChI is InChI=1S/C45H31N3O/c49-42-30-32(31-24-27-36(28-25-31)47(33-14-4-1-5-15-33)34-16-6-2-7-17-34)26-29-41(42)45-46-43-39-22-12-10-20-37(39)38-21-11-13-23-40(38)44(43)48(45)35-18-8-3-9-19-35/h1-30,49H. The quantitative estimate of drug-likeness (QED) is 0.186. The van der Waals surface area contributed by atoms with Crippen LogP contribution in [0.5, 0.6) is 5.75 Å². The molecule has 0 unspecified atom stereocenters. The summed E-state index contributed by atoms with van der Waals surface area (Å²) in [5.41, 5.74) is 8.77. The van der Waals surface area contributed by atoms with E-state index in [1.165, 1.54) is 5.39 Å². The highest BCUT2D eigenvalue weighted by atomic mass is 16.3. The topological polar surface area (TPSA) is 41.3 Å². The van der Waals surface area contributed by atoms with Gasteiger partial charge in [0.1, 0.15) is 11.6 Å². The van der Waals surface area contributed by atoms with Gasteiger partial charge in [-0.15, -0.1) is 0 Å². The van der Waals surface area contributed by atoms with Gasteiger partial charge in [-0.2, -0.15) is 0 Å². The van der Waals surface area contributed by atoms with Gasteiger partial charge in [-0.1, -0.05) is 121 Å². The molecule has 1 N–H and O–H groups in total.